The molecule has 12 heavy (non-hydrogen) atoms. The number of nitrogens with zero attached hydrogens (tertiary/aromatic N) is 2. The van der Waals surface area contributed by atoms with Crippen LogP contribution in [0.2, 0.25) is 0 Å². The highest BCUT2D eigenvalue weighted by Gasteiger charge is 1.98. The summed E-state index contributed by atoms with van der Waals surface area (Å²) in [6.45, 7) is 11.1. The minimum atomic E-state index is 0.357. The summed E-state index contributed by atoms with van der Waals surface area (Å²) in [6.07, 6.45) is 1.69. The molecule has 4 radical (unpaired) electrons. The van der Waals surface area contributed by atoms with Crippen LogP contribution in [0, 0.1) is 13.8 Å². The molecule has 2 aromatic rings. The Morgan fingerprint density at radius 3 is 2.83 bits per heavy atom. The van der Waals surface area contributed by atoms with Crippen LogP contribution < -0.4 is 0 Å². The van der Waals surface area contributed by atoms with Gasteiger partial charge in [0.05, 0.1) is 11.0 Å². The number of hydrogen-bond donors (Lipinski definition) is 0. The molecule has 0 aliphatic carbocycles. The second-order valence-corrected chi connectivity index (χ2v) is 2.50. The van der Waals surface area contributed by atoms with Crippen LogP contribution in [-0.4, -0.2) is 9.97 Å². The van der Waals surface area contributed by atoms with Gasteiger partial charge in [-0.15, -0.1) is 0 Å². The first kappa shape index (κ1) is 7.22. The monoisotopic (exact) mass is 154 g/mol. The van der Waals surface area contributed by atoms with Crippen LogP contribution in [0.3, 0.4) is 0 Å². The van der Waals surface area contributed by atoms with Gasteiger partial charge in [-0.3, -0.25) is 9.97 Å². The first-order chi connectivity index (χ1) is 5.77. The molecular formula is C10H6N2. The van der Waals surface area contributed by atoms with Crippen LogP contribution in [-0.2, 0) is 0 Å². The van der Waals surface area contributed by atoms with E-state index < -0.39 is 0 Å². The summed E-state index contributed by atoms with van der Waals surface area (Å²) in [7, 11) is 0. The third-order valence-electron chi connectivity index (χ3n) is 1.65. The first-order valence-corrected chi connectivity index (χ1v) is 3.54. The number of pyridine rings is 2. The summed E-state index contributed by atoms with van der Waals surface area (Å²) in [6, 6.07) is 5.38. The maximum absolute atomic E-state index is 5.56. The molecule has 2 heterocycles. The number of fused-ring (bicyclic) bond motifs is 1. The van der Waals surface area contributed by atoms with Gasteiger partial charge in [0.25, 0.3) is 0 Å². The van der Waals surface area contributed by atoms with Crippen molar-refractivity contribution in [2.75, 3.05) is 0 Å². The zero-order chi connectivity index (χ0) is 8.55. The Kier molecular flexibility index (Phi) is 1.54. The Morgan fingerprint density at radius 2 is 2.00 bits per heavy atom. The van der Waals surface area contributed by atoms with Crippen LogP contribution in [0.25, 0.3) is 11.0 Å². The Hall–Kier alpha value is -1.44. The Morgan fingerprint density at radius 1 is 1.17 bits per heavy atom. The number of hydrogen-bond acceptors (Lipinski definition) is 2. The van der Waals surface area contributed by atoms with E-state index in [-0.39, 0.29) is 0 Å². The molecule has 0 atom stereocenters. The van der Waals surface area contributed by atoms with Crippen molar-refractivity contribution in [3.05, 3.63) is 49.5 Å². The van der Waals surface area contributed by atoms with Crippen LogP contribution in [0.1, 0.15) is 11.3 Å². The molecule has 0 unspecified atom stereocenters. The second-order valence-electron chi connectivity index (χ2n) is 2.50. The largest absolute Gasteiger partial charge is 0.255 e. The van der Waals surface area contributed by atoms with E-state index >= 15 is 0 Å². The molecule has 0 saturated heterocycles. The van der Waals surface area contributed by atoms with Gasteiger partial charge in [0.2, 0.25) is 0 Å². The molecule has 56 valence electrons. The summed E-state index contributed by atoms with van der Waals surface area (Å²) in [5, 5.41) is 0. The van der Waals surface area contributed by atoms with Crippen molar-refractivity contribution >= 4 is 11.0 Å². The van der Waals surface area contributed by atoms with Gasteiger partial charge in [0.1, 0.15) is 0 Å². The molecule has 0 bridgehead atoms. The molecule has 2 nitrogen and oxygen atoms in total. The molecule has 0 fully saturated rings. The summed E-state index contributed by atoms with van der Waals surface area (Å²) in [5.74, 6) is 0. The third-order valence-corrected chi connectivity index (χ3v) is 1.65. The fourth-order valence-electron chi connectivity index (χ4n) is 1.03. The predicted octanol–water partition coefficient (Wildman–Crippen LogP) is 1.75. The molecule has 0 N–H and O–H groups in total. The van der Waals surface area contributed by atoms with E-state index in [0.717, 1.165) is 11.0 Å². The lowest BCUT2D eigenvalue weighted by Crippen LogP contribution is -1.89. The Balaban J connectivity index is 2.84. The van der Waals surface area contributed by atoms with Gasteiger partial charge in [-0.1, -0.05) is 0 Å². The van der Waals surface area contributed by atoms with E-state index in [4.69, 9.17) is 13.8 Å². The van der Waals surface area contributed by atoms with Crippen LogP contribution in [0.5, 0.6) is 0 Å². The maximum atomic E-state index is 5.56. The molecule has 0 saturated carbocycles. The van der Waals surface area contributed by atoms with Gasteiger partial charge in [-0.25, -0.2) is 0 Å². The Labute approximate surface area is 71.3 Å². The van der Waals surface area contributed by atoms with E-state index in [1.165, 1.54) is 0 Å². The molecule has 0 spiro atoms. The average molecular weight is 154 g/mol. The lowest BCUT2D eigenvalue weighted by molar-refractivity contribution is 1.27. The molecule has 2 rings (SSSR count). The lowest BCUT2D eigenvalue weighted by atomic mass is 10.2. The zero-order valence-corrected chi connectivity index (χ0v) is 6.36. The van der Waals surface area contributed by atoms with Crippen LogP contribution >= 0.6 is 0 Å². The number of rotatable bonds is 0. The van der Waals surface area contributed by atoms with Gasteiger partial charge in [-0.2, -0.15) is 0 Å². The van der Waals surface area contributed by atoms with Crippen molar-refractivity contribution in [1.29, 1.82) is 0 Å². The predicted molar refractivity (Wildman–Crippen MR) is 46.3 cm³/mol. The van der Waals surface area contributed by atoms with Crippen LogP contribution in [0.4, 0.5) is 0 Å². The fraction of sp³-hybridized carbons (Fsp3) is 0. The highest BCUT2D eigenvalue weighted by molar-refractivity contribution is 5.75. The van der Waals surface area contributed by atoms with Crippen molar-refractivity contribution in [2.45, 2.75) is 0 Å². The first-order valence-electron chi connectivity index (χ1n) is 3.54. The van der Waals surface area contributed by atoms with Gasteiger partial charge < -0.3 is 0 Å². The van der Waals surface area contributed by atoms with E-state index in [1.54, 1.807) is 12.3 Å². The van der Waals surface area contributed by atoms with E-state index in [0.29, 0.717) is 11.3 Å². The van der Waals surface area contributed by atoms with Crippen molar-refractivity contribution in [3.63, 3.8) is 0 Å². The van der Waals surface area contributed by atoms with Crippen molar-refractivity contribution in [2.24, 2.45) is 0 Å². The smallest absolute Gasteiger partial charge is 0.0890 e. The minimum Gasteiger partial charge on any atom is -0.255 e. The van der Waals surface area contributed by atoms with Gasteiger partial charge in [0.15, 0.2) is 0 Å². The number of aromatic nitrogens is 2. The molecule has 2 aromatic heterocycles. The SMILES string of the molecule is [CH]c1cc2ncccc2nc1[CH]. The topological polar surface area (TPSA) is 25.8 Å². The van der Waals surface area contributed by atoms with Crippen molar-refractivity contribution in [3.8, 4) is 0 Å². The highest BCUT2D eigenvalue weighted by atomic mass is 14.8. The molecular weight excluding hydrogens is 148 g/mol. The standard InChI is InChI=1S/C10H6N2/c1-7-6-10-9(12-8(7)2)4-3-5-11-10/h1-6H. The van der Waals surface area contributed by atoms with E-state index in [9.17, 15) is 0 Å². The summed E-state index contributed by atoms with van der Waals surface area (Å²) in [5.41, 5.74) is 2.37. The Bertz CT molecular complexity index is 381. The molecule has 0 aliphatic heterocycles. The third kappa shape index (κ3) is 1.05. The summed E-state index contributed by atoms with van der Waals surface area (Å²) >= 11 is 0. The van der Waals surface area contributed by atoms with Crippen molar-refractivity contribution in [1.82, 2.24) is 9.97 Å². The fourth-order valence-corrected chi connectivity index (χ4v) is 1.03. The van der Waals surface area contributed by atoms with Crippen LogP contribution in [0.15, 0.2) is 24.4 Å². The molecule has 0 aliphatic rings. The quantitative estimate of drug-likeness (QED) is 0.577. The second kappa shape index (κ2) is 2.55. The van der Waals surface area contributed by atoms with Gasteiger partial charge >= 0.3 is 0 Å². The van der Waals surface area contributed by atoms with E-state index in [1.807, 2.05) is 12.1 Å². The highest BCUT2D eigenvalue weighted by Crippen LogP contribution is 2.12. The maximum Gasteiger partial charge on any atom is 0.0890 e. The zero-order valence-electron chi connectivity index (χ0n) is 6.36. The lowest BCUT2D eigenvalue weighted by Gasteiger charge is -2.00. The van der Waals surface area contributed by atoms with Gasteiger partial charge in [0, 0.05) is 25.7 Å². The molecule has 0 aromatic carbocycles. The minimum absolute atomic E-state index is 0.357. The van der Waals surface area contributed by atoms with Gasteiger partial charge in [-0.05, 0) is 23.8 Å². The summed E-state index contributed by atoms with van der Waals surface area (Å²) in [4.78, 5) is 8.15. The summed E-state index contributed by atoms with van der Waals surface area (Å²) < 4.78 is 0. The molecule has 2 heteroatoms. The van der Waals surface area contributed by atoms with E-state index in [2.05, 4.69) is 9.97 Å². The van der Waals surface area contributed by atoms with Crippen molar-refractivity contribution < 1.29 is 0 Å². The average Bonchev–Trinajstić information content (AvgIpc) is 2.07. The molecule has 0 amide bonds. The normalized spacial score (nSPS) is 10.5.